The normalized spacial score (nSPS) is 13.8. The molecule has 0 bridgehead atoms. The van der Waals surface area contributed by atoms with Gasteiger partial charge >= 0.3 is 6.03 Å². The second-order valence-electron chi connectivity index (χ2n) is 5.81. The Balaban J connectivity index is 1.73. The lowest BCUT2D eigenvalue weighted by Gasteiger charge is -2.14. The van der Waals surface area contributed by atoms with Crippen molar-refractivity contribution in [3.63, 3.8) is 0 Å². The molecule has 3 amide bonds. The molecule has 4 rings (SSSR count). The molecular weight excluding hydrogens is 366 g/mol. The first-order valence-electron chi connectivity index (χ1n) is 8.29. The fourth-order valence-corrected chi connectivity index (χ4v) is 3.69. The molecular formula is C18H15N5O3S. The number of imide groups is 1. The number of rotatable bonds is 4. The van der Waals surface area contributed by atoms with Gasteiger partial charge in [0.05, 0.1) is 16.8 Å². The minimum absolute atomic E-state index is 0.00890. The number of carbonyl (C=O) groups excluding carboxylic acids is 2. The maximum atomic E-state index is 13.0. The number of para-hydroxylation sites is 1. The molecule has 1 saturated heterocycles. The van der Waals surface area contributed by atoms with E-state index in [2.05, 4.69) is 15.3 Å². The summed E-state index contributed by atoms with van der Waals surface area (Å²) in [7, 11) is 0. The average molecular weight is 381 g/mol. The highest BCUT2D eigenvalue weighted by atomic mass is 32.2. The molecule has 0 unspecified atom stereocenters. The standard InChI is InChI=1S/C18H15N5O3S/c24-14(22-10-9-20-17(22)26)11-27-18-21-15-13(7-4-8-19-15)16(25)23(18)12-5-2-1-3-6-12/h1-8H,9-11H2,(H,20,26). The molecule has 0 atom stereocenters. The Morgan fingerprint density at radius 2 is 1.96 bits per heavy atom. The number of nitrogens with one attached hydrogen (secondary N) is 1. The van der Waals surface area contributed by atoms with Crippen molar-refractivity contribution in [2.24, 2.45) is 0 Å². The number of amides is 3. The highest BCUT2D eigenvalue weighted by Gasteiger charge is 2.26. The van der Waals surface area contributed by atoms with Crippen molar-refractivity contribution in [2.75, 3.05) is 18.8 Å². The van der Waals surface area contributed by atoms with Crippen LogP contribution in [0.25, 0.3) is 16.7 Å². The summed E-state index contributed by atoms with van der Waals surface area (Å²) >= 11 is 1.11. The van der Waals surface area contributed by atoms with E-state index >= 15 is 0 Å². The Labute approximate surface area is 158 Å². The first-order valence-corrected chi connectivity index (χ1v) is 9.28. The van der Waals surface area contributed by atoms with Crippen LogP contribution in [0.4, 0.5) is 4.79 Å². The summed E-state index contributed by atoms with van der Waals surface area (Å²) < 4.78 is 1.46. The maximum absolute atomic E-state index is 13.0. The van der Waals surface area contributed by atoms with Crippen LogP contribution in [0.3, 0.4) is 0 Å². The number of carbonyl (C=O) groups is 2. The van der Waals surface area contributed by atoms with Gasteiger partial charge in [0.15, 0.2) is 10.8 Å². The average Bonchev–Trinajstić information content (AvgIpc) is 3.13. The molecule has 9 heteroatoms. The van der Waals surface area contributed by atoms with Gasteiger partial charge in [-0.15, -0.1) is 0 Å². The van der Waals surface area contributed by atoms with Gasteiger partial charge in [-0.2, -0.15) is 0 Å². The van der Waals surface area contributed by atoms with Gasteiger partial charge in [-0.3, -0.25) is 19.1 Å². The molecule has 3 aromatic rings. The summed E-state index contributed by atoms with van der Waals surface area (Å²) in [5.41, 5.74) is 0.714. The minimum Gasteiger partial charge on any atom is -0.336 e. The Hall–Kier alpha value is -3.20. The molecule has 1 fully saturated rings. The third-order valence-corrected chi connectivity index (χ3v) is 5.03. The smallest absolute Gasteiger partial charge is 0.324 e. The first kappa shape index (κ1) is 17.2. The Morgan fingerprint density at radius 3 is 2.70 bits per heavy atom. The van der Waals surface area contributed by atoms with Crippen LogP contribution in [-0.4, -0.2) is 50.2 Å². The number of fused-ring (bicyclic) bond motifs is 1. The zero-order valence-electron chi connectivity index (χ0n) is 14.2. The van der Waals surface area contributed by atoms with Gasteiger partial charge in [-0.05, 0) is 24.3 Å². The lowest BCUT2D eigenvalue weighted by Crippen LogP contribution is -2.35. The molecule has 136 valence electrons. The molecule has 8 nitrogen and oxygen atoms in total. The fraction of sp³-hybridized carbons (Fsp3) is 0.167. The molecule has 0 radical (unpaired) electrons. The van der Waals surface area contributed by atoms with Crippen LogP contribution in [0.15, 0.2) is 58.6 Å². The van der Waals surface area contributed by atoms with Crippen LogP contribution in [0, 0.1) is 0 Å². The van der Waals surface area contributed by atoms with E-state index in [-0.39, 0.29) is 17.2 Å². The zero-order valence-corrected chi connectivity index (χ0v) is 15.0. The highest BCUT2D eigenvalue weighted by Crippen LogP contribution is 2.21. The minimum atomic E-state index is -0.394. The number of urea groups is 1. The van der Waals surface area contributed by atoms with Crippen molar-refractivity contribution in [1.29, 1.82) is 0 Å². The van der Waals surface area contributed by atoms with E-state index in [1.807, 2.05) is 18.2 Å². The molecule has 2 aromatic heterocycles. The molecule has 27 heavy (non-hydrogen) atoms. The van der Waals surface area contributed by atoms with Crippen molar-refractivity contribution in [3.05, 3.63) is 59.0 Å². The van der Waals surface area contributed by atoms with Crippen LogP contribution in [0.5, 0.6) is 0 Å². The van der Waals surface area contributed by atoms with Gasteiger partial charge in [0, 0.05) is 19.3 Å². The van der Waals surface area contributed by atoms with Gasteiger partial charge in [0.1, 0.15) is 0 Å². The molecule has 1 N–H and O–H groups in total. The van der Waals surface area contributed by atoms with E-state index in [0.29, 0.717) is 35.0 Å². The predicted molar refractivity (Wildman–Crippen MR) is 101 cm³/mol. The predicted octanol–water partition coefficient (Wildman–Crippen LogP) is 1.42. The number of aromatic nitrogens is 3. The molecule has 1 aliphatic heterocycles. The van der Waals surface area contributed by atoms with E-state index in [9.17, 15) is 14.4 Å². The van der Waals surface area contributed by atoms with Gasteiger partial charge in [-0.1, -0.05) is 30.0 Å². The van der Waals surface area contributed by atoms with Crippen LogP contribution in [0.1, 0.15) is 0 Å². The second kappa shape index (κ2) is 7.20. The highest BCUT2D eigenvalue weighted by molar-refractivity contribution is 7.99. The molecule has 0 spiro atoms. The zero-order chi connectivity index (χ0) is 18.8. The molecule has 3 heterocycles. The summed E-state index contributed by atoms with van der Waals surface area (Å²) in [6.45, 7) is 0.790. The number of benzene rings is 1. The van der Waals surface area contributed by atoms with Crippen molar-refractivity contribution in [2.45, 2.75) is 5.16 Å². The third kappa shape index (κ3) is 3.28. The van der Waals surface area contributed by atoms with Crippen molar-refractivity contribution in [3.8, 4) is 5.69 Å². The Bertz CT molecular complexity index is 1080. The van der Waals surface area contributed by atoms with Crippen molar-refractivity contribution >= 4 is 34.7 Å². The summed E-state index contributed by atoms with van der Waals surface area (Å²) in [6, 6.07) is 12.1. The summed E-state index contributed by atoms with van der Waals surface area (Å²) in [6.07, 6.45) is 1.57. The SMILES string of the molecule is O=C(CSc1nc2ncccc2c(=O)n1-c1ccccc1)N1CCNC1=O. The lowest BCUT2D eigenvalue weighted by molar-refractivity contribution is -0.124. The topological polar surface area (TPSA) is 97.2 Å². The molecule has 1 aromatic carbocycles. The fourth-order valence-electron chi connectivity index (χ4n) is 2.82. The van der Waals surface area contributed by atoms with Gasteiger partial charge in [0.2, 0.25) is 5.91 Å². The Morgan fingerprint density at radius 1 is 1.15 bits per heavy atom. The van der Waals surface area contributed by atoms with E-state index in [1.165, 1.54) is 4.57 Å². The van der Waals surface area contributed by atoms with E-state index in [0.717, 1.165) is 16.7 Å². The van der Waals surface area contributed by atoms with Crippen LogP contribution in [0.2, 0.25) is 0 Å². The molecule has 1 aliphatic rings. The quantitative estimate of drug-likeness (QED) is 0.542. The van der Waals surface area contributed by atoms with E-state index in [4.69, 9.17) is 0 Å². The Kier molecular flexibility index (Phi) is 4.59. The van der Waals surface area contributed by atoms with Crippen molar-refractivity contribution in [1.82, 2.24) is 24.8 Å². The van der Waals surface area contributed by atoms with Crippen LogP contribution in [-0.2, 0) is 4.79 Å². The number of hydrogen-bond donors (Lipinski definition) is 1. The molecule has 0 saturated carbocycles. The van der Waals surface area contributed by atoms with Gasteiger partial charge < -0.3 is 5.32 Å². The number of hydrogen-bond acceptors (Lipinski definition) is 6. The van der Waals surface area contributed by atoms with Crippen molar-refractivity contribution < 1.29 is 9.59 Å². The third-order valence-electron chi connectivity index (χ3n) is 4.11. The van der Waals surface area contributed by atoms with Crippen LogP contribution < -0.4 is 10.9 Å². The van der Waals surface area contributed by atoms with Gasteiger partial charge in [0.25, 0.3) is 5.56 Å². The van der Waals surface area contributed by atoms with E-state index < -0.39 is 6.03 Å². The van der Waals surface area contributed by atoms with Gasteiger partial charge in [-0.25, -0.2) is 14.8 Å². The summed E-state index contributed by atoms with van der Waals surface area (Å²) in [5.74, 6) is -0.338. The molecule has 0 aliphatic carbocycles. The second-order valence-corrected chi connectivity index (χ2v) is 6.75. The lowest BCUT2D eigenvalue weighted by atomic mass is 10.3. The first-order chi connectivity index (χ1) is 13.1. The largest absolute Gasteiger partial charge is 0.336 e. The van der Waals surface area contributed by atoms with Crippen LogP contribution >= 0.6 is 11.8 Å². The maximum Gasteiger partial charge on any atom is 0.324 e. The summed E-state index contributed by atoms with van der Waals surface area (Å²) in [5, 5.41) is 3.35. The number of pyridine rings is 1. The number of nitrogens with zero attached hydrogens (tertiary/aromatic N) is 4. The summed E-state index contributed by atoms with van der Waals surface area (Å²) in [4.78, 5) is 46.8. The monoisotopic (exact) mass is 381 g/mol. The van der Waals surface area contributed by atoms with E-state index in [1.54, 1.807) is 30.5 Å². The number of thioether (sulfide) groups is 1.